The molecule has 1 saturated carbocycles. The third-order valence-electron chi connectivity index (χ3n) is 3.38. The summed E-state index contributed by atoms with van der Waals surface area (Å²) in [6, 6.07) is 0.544. The van der Waals surface area contributed by atoms with Crippen molar-refractivity contribution in [1.82, 2.24) is 25.4 Å². The van der Waals surface area contributed by atoms with Gasteiger partial charge in [0.25, 0.3) is 0 Å². The van der Waals surface area contributed by atoms with Gasteiger partial charge in [-0.05, 0) is 32.0 Å². The van der Waals surface area contributed by atoms with Gasteiger partial charge in [-0.3, -0.25) is 0 Å². The van der Waals surface area contributed by atoms with Gasteiger partial charge in [0, 0.05) is 12.6 Å². The Morgan fingerprint density at radius 3 is 2.94 bits per heavy atom. The molecular formula is C12H21N5S. The predicted octanol–water partition coefficient (Wildman–Crippen LogP) is 1.59. The first-order chi connectivity index (χ1) is 8.79. The summed E-state index contributed by atoms with van der Waals surface area (Å²) < 4.78 is 2.01. The van der Waals surface area contributed by atoms with Gasteiger partial charge >= 0.3 is 0 Å². The van der Waals surface area contributed by atoms with Crippen LogP contribution in [0.4, 0.5) is 0 Å². The van der Waals surface area contributed by atoms with Crippen LogP contribution in [0.2, 0.25) is 0 Å². The fraction of sp³-hybridized carbons (Fsp3) is 0.750. The smallest absolute Gasteiger partial charge is 0.166 e. The molecule has 0 aliphatic heterocycles. The van der Waals surface area contributed by atoms with Crippen molar-refractivity contribution in [2.24, 2.45) is 0 Å². The second-order valence-corrected chi connectivity index (χ2v) is 5.10. The lowest BCUT2D eigenvalue weighted by Crippen LogP contribution is -2.42. The van der Waals surface area contributed by atoms with E-state index in [0.717, 1.165) is 17.5 Å². The monoisotopic (exact) mass is 267 g/mol. The summed E-state index contributed by atoms with van der Waals surface area (Å²) in [7, 11) is 0. The molecule has 0 amide bonds. The van der Waals surface area contributed by atoms with Gasteiger partial charge in [0.15, 0.2) is 10.9 Å². The van der Waals surface area contributed by atoms with Gasteiger partial charge in [0.05, 0.1) is 6.54 Å². The maximum absolute atomic E-state index is 5.31. The summed E-state index contributed by atoms with van der Waals surface area (Å²) in [6.45, 7) is 3.59. The quantitative estimate of drug-likeness (QED) is 0.812. The van der Waals surface area contributed by atoms with Crippen molar-refractivity contribution >= 4 is 17.3 Å². The van der Waals surface area contributed by atoms with E-state index >= 15 is 0 Å². The average Bonchev–Trinajstić information content (AvgIpc) is 2.85. The van der Waals surface area contributed by atoms with Crippen LogP contribution in [0.1, 0.15) is 44.9 Å². The lowest BCUT2D eigenvalue weighted by molar-refractivity contribution is 0.412. The summed E-state index contributed by atoms with van der Waals surface area (Å²) >= 11 is 5.31. The molecule has 1 aromatic rings. The maximum Gasteiger partial charge on any atom is 0.166 e. The van der Waals surface area contributed by atoms with E-state index in [1.165, 1.54) is 32.1 Å². The molecule has 18 heavy (non-hydrogen) atoms. The van der Waals surface area contributed by atoms with Gasteiger partial charge in [-0.2, -0.15) is 0 Å². The summed E-state index contributed by atoms with van der Waals surface area (Å²) in [6.07, 6.45) is 8.18. The van der Waals surface area contributed by atoms with E-state index in [-0.39, 0.29) is 0 Å². The van der Waals surface area contributed by atoms with Gasteiger partial charge in [-0.1, -0.05) is 19.3 Å². The standard InChI is InChI=1S/C12H21N5S/c1-2-17-9-14-16-11(17)8-13-12(18)15-10-6-4-3-5-7-10/h9-10H,2-8H2,1H3,(H2,13,15,18). The zero-order chi connectivity index (χ0) is 12.8. The Morgan fingerprint density at radius 1 is 1.44 bits per heavy atom. The molecule has 1 aliphatic rings. The molecular weight excluding hydrogens is 246 g/mol. The first kappa shape index (κ1) is 13.3. The molecule has 1 aromatic heterocycles. The lowest BCUT2D eigenvalue weighted by Gasteiger charge is -2.24. The van der Waals surface area contributed by atoms with E-state index in [9.17, 15) is 0 Å². The Labute approximate surface area is 113 Å². The van der Waals surface area contributed by atoms with Crippen LogP contribution in [-0.2, 0) is 13.1 Å². The first-order valence-electron chi connectivity index (χ1n) is 6.70. The van der Waals surface area contributed by atoms with Crippen LogP contribution >= 0.6 is 12.2 Å². The normalized spacial score (nSPS) is 16.5. The van der Waals surface area contributed by atoms with E-state index in [1.54, 1.807) is 6.33 Å². The molecule has 0 bridgehead atoms. The maximum atomic E-state index is 5.31. The number of thiocarbonyl (C=S) groups is 1. The largest absolute Gasteiger partial charge is 0.360 e. The number of hydrogen-bond donors (Lipinski definition) is 2. The van der Waals surface area contributed by atoms with Crippen LogP contribution in [-0.4, -0.2) is 25.9 Å². The molecule has 5 nitrogen and oxygen atoms in total. The number of nitrogens with one attached hydrogen (secondary N) is 2. The number of aryl methyl sites for hydroxylation is 1. The molecule has 0 unspecified atom stereocenters. The third-order valence-corrected chi connectivity index (χ3v) is 3.65. The lowest BCUT2D eigenvalue weighted by atomic mass is 9.96. The Balaban J connectivity index is 1.74. The Bertz CT molecular complexity index is 384. The Morgan fingerprint density at radius 2 is 2.22 bits per heavy atom. The van der Waals surface area contributed by atoms with E-state index < -0.39 is 0 Å². The fourth-order valence-corrected chi connectivity index (χ4v) is 2.56. The van der Waals surface area contributed by atoms with E-state index in [2.05, 4.69) is 27.8 Å². The number of nitrogens with zero attached hydrogens (tertiary/aromatic N) is 3. The molecule has 1 fully saturated rings. The highest BCUT2D eigenvalue weighted by Gasteiger charge is 2.14. The molecule has 0 aromatic carbocycles. The van der Waals surface area contributed by atoms with Crippen LogP contribution < -0.4 is 10.6 Å². The minimum Gasteiger partial charge on any atom is -0.360 e. The summed E-state index contributed by atoms with van der Waals surface area (Å²) in [5.41, 5.74) is 0. The zero-order valence-corrected chi connectivity index (χ0v) is 11.7. The van der Waals surface area contributed by atoms with Crippen molar-refractivity contribution in [1.29, 1.82) is 0 Å². The zero-order valence-electron chi connectivity index (χ0n) is 10.9. The second kappa shape index (κ2) is 6.68. The SMILES string of the molecule is CCn1cnnc1CNC(=S)NC1CCCCC1. The highest BCUT2D eigenvalue weighted by atomic mass is 32.1. The van der Waals surface area contributed by atoms with E-state index in [4.69, 9.17) is 12.2 Å². The summed E-state index contributed by atoms with van der Waals surface area (Å²) in [5, 5.41) is 15.3. The summed E-state index contributed by atoms with van der Waals surface area (Å²) in [5.74, 6) is 0.922. The van der Waals surface area contributed by atoms with Gasteiger partial charge in [0.1, 0.15) is 6.33 Å². The Hall–Kier alpha value is -1.17. The predicted molar refractivity (Wildman–Crippen MR) is 75.1 cm³/mol. The highest BCUT2D eigenvalue weighted by molar-refractivity contribution is 7.80. The minimum absolute atomic E-state index is 0.544. The minimum atomic E-state index is 0.544. The van der Waals surface area contributed by atoms with Crippen molar-refractivity contribution < 1.29 is 0 Å². The molecule has 6 heteroatoms. The van der Waals surface area contributed by atoms with Gasteiger partial charge < -0.3 is 15.2 Å². The molecule has 1 aliphatic carbocycles. The van der Waals surface area contributed by atoms with Crippen LogP contribution in [0.5, 0.6) is 0 Å². The van der Waals surface area contributed by atoms with Crippen LogP contribution in [0.15, 0.2) is 6.33 Å². The van der Waals surface area contributed by atoms with Crippen molar-refractivity contribution in [3.63, 3.8) is 0 Å². The van der Waals surface area contributed by atoms with Gasteiger partial charge in [0.2, 0.25) is 0 Å². The van der Waals surface area contributed by atoms with Crippen LogP contribution in [0.3, 0.4) is 0 Å². The van der Waals surface area contributed by atoms with Gasteiger partial charge in [-0.15, -0.1) is 10.2 Å². The van der Waals surface area contributed by atoms with Crippen molar-refractivity contribution in [2.45, 2.75) is 58.2 Å². The van der Waals surface area contributed by atoms with Crippen molar-refractivity contribution in [3.05, 3.63) is 12.2 Å². The number of rotatable bonds is 4. The molecule has 2 N–H and O–H groups in total. The summed E-state index contributed by atoms with van der Waals surface area (Å²) in [4.78, 5) is 0. The van der Waals surface area contributed by atoms with Crippen LogP contribution in [0, 0.1) is 0 Å². The molecule has 100 valence electrons. The second-order valence-electron chi connectivity index (χ2n) is 4.70. The first-order valence-corrected chi connectivity index (χ1v) is 7.11. The van der Waals surface area contributed by atoms with E-state index in [1.807, 2.05) is 4.57 Å². The molecule has 0 radical (unpaired) electrons. The highest BCUT2D eigenvalue weighted by Crippen LogP contribution is 2.17. The van der Waals surface area contributed by atoms with Gasteiger partial charge in [-0.25, -0.2) is 0 Å². The molecule has 2 rings (SSSR count). The van der Waals surface area contributed by atoms with Crippen LogP contribution in [0.25, 0.3) is 0 Å². The van der Waals surface area contributed by atoms with Crippen molar-refractivity contribution in [3.8, 4) is 0 Å². The molecule has 0 atom stereocenters. The fourth-order valence-electron chi connectivity index (χ4n) is 2.32. The third kappa shape index (κ3) is 3.66. The Kier molecular flexibility index (Phi) is 4.92. The van der Waals surface area contributed by atoms with Crippen molar-refractivity contribution in [2.75, 3.05) is 0 Å². The molecule has 0 spiro atoms. The number of aromatic nitrogens is 3. The molecule has 1 heterocycles. The molecule has 0 saturated heterocycles. The average molecular weight is 267 g/mol. The number of hydrogen-bond acceptors (Lipinski definition) is 3. The van der Waals surface area contributed by atoms with E-state index in [0.29, 0.717) is 12.6 Å². The topological polar surface area (TPSA) is 54.8 Å².